The molecule has 0 spiro atoms. The van der Waals surface area contributed by atoms with Crippen molar-refractivity contribution >= 4 is 25.0 Å². The van der Waals surface area contributed by atoms with Crippen LogP contribution >= 0.6 is 7.81 Å². The van der Waals surface area contributed by atoms with Gasteiger partial charge in [0.25, 0.3) is 0 Å². The third-order valence-corrected chi connectivity index (χ3v) is 4.03. The van der Waals surface area contributed by atoms with E-state index >= 15 is 0 Å². The summed E-state index contributed by atoms with van der Waals surface area (Å²) in [6, 6.07) is 13.4. The van der Waals surface area contributed by atoms with Crippen LogP contribution in [0.1, 0.15) is 20.8 Å². The van der Waals surface area contributed by atoms with Crippen LogP contribution in [0.5, 0.6) is 0 Å². The molecule has 2 aromatic rings. The summed E-state index contributed by atoms with van der Waals surface area (Å²) < 4.78 is 59.2. The molecule has 1 aliphatic carbocycles. The average Bonchev–Trinajstić information content (AvgIpc) is 2.72. The first kappa shape index (κ1) is 36.8. The molecule has 6 radical (unpaired) electrons. The summed E-state index contributed by atoms with van der Waals surface area (Å²) in [5.74, 6) is 4.03. The van der Waals surface area contributed by atoms with E-state index in [1.165, 1.54) is 11.8 Å². The largest absolute Gasteiger partial charge is 2.00 e. The predicted octanol–water partition coefficient (Wildman–Crippen LogP) is 6.59. The number of anilines is 1. The third kappa shape index (κ3) is 20.8. The van der Waals surface area contributed by atoms with Gasteiger partial charge in [-0.05, 0) is 79.8 Å². The van der Waals surface area contributed by atoms with Crippen molar-refractivity contribution < 1.29 is 57.1 Å². The normalized spacial score (nSPS) is 16.2. The number of azo groups is 1. The number of rotatable bonds is 4. The summed E-state index contributed by atoms with van der Waals surface area (Å²) in [4.78, 5) is 6.11. The van der Waals surface area contributed by atoms with Crippen molar-refractivity contribution in [3.05, 3.63) is 86.2 Å². The first-order valence-corrected chi connectivity index (χ1v) is 12.2. The number of nitrogens with zero attached hydrogens (tertiary/aromatic N) is 4. The molecule has 0 bridgehead atoms. The quantitative estimate of drug-likeness (QED) is 0.164. The number of pyridine rings is 1. The molecule has 0 unspecified atom stereocenters. The van der Waals surface area contributed by atoms with Crippen molar-refractivity contribution in [1.29, 1.82) is 0 Å². The second-order valence-corrected chi connectivity index (χ2v) is 9.74. The SMILES string of the molecule is CN(C)c1ccc(N=Nc2ccccn2)cc1.C[C]1[CH][CH][C](C(C)C)[CH][CH]1.F[P-](F)(F)(F)(F)F.[Cl-].[Ru+2]. The molecule has 4 nitrogen and oxygen atoms in total. The number of hydrogen-bond donors (Lipinski definition) is 0. The Morgan fingerprint density at radius 2 is 1.31 bits per heavy atom. The van der Waals surface area contributed by atoms with Gasteiger partial charge in [-0.25, -0.2) is 4.98 Å². The molecular weight excluding hydrogens is 614 g/mol. The number of hydrogen-bond acceptors (Lipinski definition) is 4. The van der Waals surface area contributed by atoms with Gasteiger partial charge in [-0.3, -0.25) is 0 Å². The van der Waals surface area contributed by atoms with E-state index in [1.54, 1.807) is 6.20 Å². The van der Waals surface area contributed by atoms with Crippen LogP contribution in [-0.4, -0.2) is 19.1 Å². The zero-order chi connectivity index (χ0) is 26.1. The molecule has 1 saturated carbocycles. The zero-order valence-corrected chi connectivity index (χ0v) is 23.6. The Morgan fingerprint density at radius 1 is 0.806 bits per heavy atom. The van der Waals surface area contributed by atoms with E-state index in [9.17, 15) is 25.2 Å². The van der Waals surface area contributed by atoms with Crippen molar-refractivity contribution in [3.63, 3.8) is 0 Å². The molecule has 3 rings (SSSR count). The molecule has 202 valence electrons. The Hall–Kier alpha value is -1.31. The van der Waals surface area contributed by atoms with E-state index in [0.717, 1.165) is 11.4 Å². The Bertz CT molecular complexity index is 879. The number of aromatic nitrogens is 1. The average molecular weight is 642 g/mol. The molecule has 36 heavy (non-hydrogen) atoms. The molecule has 1 aromatic heterocycles. The Labute approximate surface area is 228 Å². The molecule has 0 amide bonds. The monoisotopic (exact) mass is 642 g/mol. The van der Waals surface area contributed by atoms with Crippen LogP contribution in [0.3, 0.4) is 0 Å². The summed E-state index contributed by atoms with van der Waals surface area (Å²) >= 11 is 0. The predicted molar refractivity (Wildman–Crippen MR) is 127 cm³/mol. The van der Waals surface area contributed by atoms with E-state index in [0.29, 0.717) is 11.7 Å². The minimum absolute atomic E-state index is 0. The van der Waals surface area contributed by atoms with E-state index in [-0.39, 0.29) is 31.9 Å². The van der Waals surface area contributed by atoms with E-state index in [2.05, 4.69) is 61.7 Å². The first-order valence-electron chi connectivity index (χ1n) is 10.1. The smallest absolute Gasteiger partial charge is 1.00 e. The van der Waals surface area contributed by atoms with Gasteiger partial charge in [0.1, 0.15) is 0 Å². The minimum atomic E-state index is -10.7. The molecule has 0 saturated heterocycles. The topological polar surface area (TPSA) is 40.9 Å². The van der Waals surface area contributed by atoms with Gasteiger partial charge in [0.05, 0.1) is 5.69 Å². The van der Waals surface area contributed by atoms with Gasteiger partial charge in [-0.15, -0.1) is 10.2 Å². The maximum absolute atomic E-state index is 10.7. The van der Waals surface area contributed by atoms with Gasteiger partial charge in [0, 0.05) is 26.0 Å². The van der Waals surface area contributed by atoms with E-state index < -0.39 is 7.81 Å². The third-order valence-electron chi connectivity index (χ3n) is 4.03. The molecule has 1 aromatic carbocycles. The fourth-order valence-corrected chi connectivity index (χ4v) is 2.29. The van der Waals surface area contributed by atoms with E-state index in [4.69, 9.17) is 0 Å². The molecule has 1 aliphatic rings. The molecule has 13 heteroatoms. The number of benzene rings is 1. The van der Waals surface area contributed by atoms with Crippen LogP contribution in [0.25, 0.3) is 0 Å². The summed E-state index contributed by atoms with van der Waals surface area (Å²) in [7, 11) is -6.65. The Balaban J connectivity index is 0. The van der Waals surface area contributed by atoms with Crippen LogP contribution in [0.15, 0.2) is 58.9 Å². The van der Waals surface area contributed by atoms with Gasteiger partial charge in [0.15, 0.2) is 5.82 Å². The Morgan fingerprint density at radius 3 is 1.69 bits per heavy atom. The van der Waals surface area contributed by atoms with Crippen LogP contribution < -0.4 is 17.3 Å². The van der Waals surface area contributed by atoms with Crippen molar-refractivity contribution in [2.45, 2.75) is 20.8 Å². The molecule has 0 aliphatic heterocycles. The minimum Gasteiger partial charge on any atom is -1.00 e. The first-order chi connectivity index (χ1) is 15.4. The second-order valence-electron chi connectivity index (χ2n) is 7.82. The van der Waals surface area contributed by atoms with Gasteiger partial charge in [0.2, 0.25) is 0 Å². The van der Waals surface area contributed by atoms with E-state index in [1.807, 2.05) is 61.5 Å². The van der Waals surface area contributed by atoms with Gasteiger partial charge < -0.3 is 17.3 Å². The van der Waals surface area contributed by atoms with Crippen molar-refractivity contribution in [2.75, 3.05) is 19.0 Å². The van der Waals surface area contributed by atoms with Crippen LogP contribution in [0, 0.1) is 43.4 Å². The maximum Gasteiger partial charge on any atom is 2.00 e. The summed E-state index contributed by atoms with van der Waals surface area (Å²) in [6.07, 6.45) is 10.4. The van der Waals surface area contributed by atoms with Crippen LogP contribution in [0.2, 0.25) is 0 Å². The molecule has 1 fully saturated rings. The van der Waals surface area contributed by atoms with Crippen LogP contribution in [0.4, 0.5) is 42.4 Å². The maximum atomic E-state index is 9.87. The van der Waals surface area contributed by atoms with Crippen molar-refractivity contribution in [1.82, 2.24) is 4.98 Å². The fraction of sp³-hybridized carbons (Fsp3) is 0.261. The second kappa shape index (κ2) is 14.6. The standard InChI is InChI=1S/C13H14N4.C10H14.ClH.F6P.Ru/c1-17(2)12-8-6-11(7-9-12)15-16-13-5-3-4-10-14-13;1-8(2)10-6-4-9(3)5-7-10;;1-7(2,3,4,5)6;/h3-10H,1-2H3;4-8H,1-3H3;1H;;/q;;;-1;+2/p-1. The molecule has 0 atom stereocenters. The van der Waals surface area contributed by atoms with Gasteiger partial charge >= 0.3 is 52.5 Å². The van der Waals surface area contributed by atoms with Gasteiger partial charge in [-0.1, -0.05) is 26.8 Å². The van der Waals surface area contributed by atoms with Gasteiger partial charge in [-0.2, -0.15) is 0 Å². The molecular formula is C23H28ClF6N4PRu. The molecule has 0 N–H and O–H groups in total. The zero-order valence-electron chi connectivity index (χ0n) is 20.2. The van der Waals surface area contributed by atoms with Crippen LogP contribution in [-0.2, 0) is 19.5 Å². The Kier molecular flexibility index (Phi) is 14.9. The summed E-state index contributed by atoms with van der Waals surface area (Å²) in [5, 5.41) is 8.17. The fourth-order valence-electron chi connectivity index (χ4n) is 2.29. The summed E-state index contributed by atoms with van der Waals surface area (Å²) in [6.45, 7) is 6.54. The summed E-state index contributed by atoms with van der Waals surface area (Å²) in [5.41, 5.74) is 1.96. The molecule has 1 heterocycles. The number of halogens is 7. The van der Waals surface area contributed by atoms with Crippen molar-refractivity contribution in [3.8, 4) is 0 Å². The van der Waals surface area contributed by atoms with Crippen molar-refractivity contribution in [2.24, 2.45) is 16.1 Å².